The Bertz CT molecular complexity index is 313. The normalized spacial score (nSPS) is 38.2. The number of rotatable bonds is 2. The van der Waals surface area contributed by atoms with Crippen LogP contribution in [0.4, 0.5) is 0 Å². The quantitative estimate of drug-likeness (QED) is 0.568. The molecule has 0 aromatic rings. The second-order valence-electron chi connectivity index (χ2n) is 6.72. The maximum atomic E-state index is 12.1. The molecule has 0 aromatic carbocycles. The van der Waals surface area contributed by atoms with Crippen molar-refractivity contribution in [3.05, 3.63) is 0 Å². The van der Waals surface area contributed by atoms with Crippen LogP contribution >= 0.6 is 0 Å². The molecule has 2 rings (SSSR count). The van der Waals surface area contributed by atoms with Gasteiger partial charge in [-0.3, -0.25) is 0 Å². The first kappa shape index (κ1) is 13.7. The fourth-order valence-electron chi connectivity index (χ4n) is 3.82. The third kappa shape index (κ3) is 2.37. The summed E-state index contributed by atoms with van der Waals surface area (Å²) in [5.41, 5.74) is 0. The Hall–Kier alpha value is 0.229. The van der Waals surface area contributed by atoms with Gasteiger partial charge < -0.3 is 0 Å². The molecule has 0 radical (unpaired) electrons. The van der Waals surface area contributed by atoms with Crippen molar-refractivity contribution in [2.75, 3.05) is 14.2 Å². The van der Waals surface area contributed by atoms with E-state index in [2.05, 4.69) is 26.8 Å². The minimum atomic E-state index is -2.06. The van der Waals surface area contributed by atoms with Crippen molar-refractivity contribution < 1.29 is 9.53 Å². The van der Waals surface area contributed by atoms with Crippen LogP contribution in [0.1, 0.15) is 19.3 Å². The van der Waals surface area contributed by atoms with Gasteiger partial charge in [-0.1, -0.05) is 0 Å². The summed E-state index contributed by atoms with van der Waals surface area (Å²) >= 11 is -2.06. The molecule has 17 heavy (non-hydrogen) atoms. The molecule has 3 nitrogen and oxygen atoms in total. The molecule has 0 aliphatic carbocycles. The zero-order valence-corrected chi connectivity index (χ0v) is 14.5. The van der Waals surface area contributed by atoms with E-state index in [1.54, 1.807) is 7.11 Å². The Kier molecular flexibility index (Phi) is 3.79. The average molecular weight is 346 g/mol. The molecule has 0 saturated carbocycles. The first-order valence-corrected chi connectivity index (χ1v) is 16.9. The van der Waals surface area contributed by atoms with Crippen LogP contribution in [0.25, 0.3) is 0 Å². The Morgan fingerprint density at radius 3 is 2.47 bits per heavy atom. The molecule has 2 saturated heterocycles. The number of ether oxygens (including phenoxy) is 1. The van der Waals surface area contributed by atoms with Crippen molar-refractivity contribution >= 4 is 24.3 Å². The number of carbonyl (C=O) groups is 1. The van der Waals surface area contributed by atoms with Crippen LogP contribution in [-0.2, 0) is 9.53 Å². The van der Waals surface area contributed by atoms with E-state index in [4.69, 9.17) is 4.74 Å². The number of hydrogen-bond acceptors (Lipinski definition) is 3. The topological polar surface area (TPSA) is 29.5 Å². The first-order chi connectivity index (χ1) is 7.86. The monoisotopic (exact) mass is 347 g/mol. The number of methoxy groups -OCH3 is 1. The molecule has 2 heterocycles. The van der Waals surface area contributed by atoms with Crippen LogP contribution in [-0.4, -0.2) is 55.5 Å². The van der Waals surface area contributed by atoms with Gasteiger partial charge >= 0.3 is 109 Å². The van der Waals surface area contributed by atoms with Crippen molar-refractivity contribution in [2.45, 2.75) is 50.1 Å². The molecular formula is C13H25NO2Sn. The molecule has 2 fully saturated rings. The van der Waals surface area contributed by atoms with Crippen molar-refractivity contribution in [1.29, 1.82) is 0 Å². The van der Waals surface area contributed by atoms with E-state index in [9.17, 15) is 4.79 Å². The maximum absolute atomic E-state index is 12.1. The van der Waals surface area contributed by atoms with Crippen LogP contribution in [0, 0.1) is 5.92 Å². The molecule has 4 heteroatoms. The van der Waals surface area contributed by atoms with Gasteiger partial charge in [-0.05, 0) is 0 Å². The Morgan fingerprint density at radius 1 is 1.29 bits per heavy atom. The minimum absolute atomic E-state index is 0.0406. The van der Waals surface area contributed by atoms with Gasteiger partial charge in [0.2, 0.25) is 0 Å². The van der Waals surface area contributed by atoms with Gasteiger partial charge in [-0.25, -0.2) is 0 Å². The van der Waals surface area contributed by atoms with Crippen molar-refractivity contribution in [3.63, 3.8) is 0 Å². The zero-order chi connectivity index (χ0) is 12.8. The summed E-state index contributed by atoms with van der Waals surface area (Å²) in [6.45, 7) is 0. The molecular weight excluding hydrogens is 321 g/mol. The molecule has 0 unspecified atom stereocenters. The zero-order valence-electron chi connectivity index (χ0n) is 11.7. The molecule has 4 atom stereocenters. The van der Waals surface area contributed by atoms with Crippen LogP contribution < -0.4 is 0 Å². The second-order valence-corrected chi connectivity index (χ2v) is 22.3. The van der Waals surface area contributed by atoms with E-state index >= 15 is 0 Å². The van der Waals surface area contributed by atoms with Gasteiger partial charge in [0.1, 0.15) is 0 Å². The van der Waals surface area contributed by atoms with Gasteiger partial charge in [0, 0.05) is 0 Å². The van der Waals surface area contributed by atoms with E-state index in [1.165, 1.54) is 19.3 Å². The number of fused-ring (bicyclic) bond motifs is 2. The third-order valence-corrected chi connectivity index (χ3v) is 12.9. The fraction of sp³-hybridized carbons (Fsp3) is 0.923. The molecule has 2 bridgehead atoms. The Morgan fingerprint density at radius 2 is 1.94 bits per heavy atom. The molecule has 0 aromatic heterocycles. The predicted molar refractivity (Wildman–Crippen MR) is 71.8 cm³/mol. The van der Waals surface area contributed by atoms with E-state index in [1.807, 2.05) is 0 Å². The summed E-state index contributed by atoms with van der Waals surface area (Å²) in [6.07, 6.45) is 3.68. The number of nitrogens with zero attached hydrogens (tertiary/aromatic N) is 1. The number of hydrogen-bond donors (Lipinski definition) is 0. The van der Waals surface area contributed by atoms with Gasteiger partial charge in [-0.2, -0.15) is 0 Å². The molecule has 0 N–H and O–H groups in total. The van der Waals surface area contributed by atoms with Crippen LogP contribution in [0.5, 0.6) is 0 Å². The van der Waals surface area contributed by atoms with E-state index in [0.29, 0.717) is 9.98 Å². The molecule has 98 valence electrons. The average Bonchev–Trinajstić information content (AvgIpc) is 2.51. The summed E-state index contributed by atoms with van der Waals surface area (Å²) in [5, 5.41) is 0. The Balaban J connectivity index is 2.30. The first-order valence-electron chi connectivity index (χ1n) is 6.66. The van der Waals surface area contributed by atoms with Gasteiger partial charge in [-0.15, -0.1) is 0 Å². The van der Waals surface area contributed by atoms with Crippen molar-refractivity contribution in [3.8, 4) is 0 Å². The van der Waals surface area contributed by atoms with Crippen LogP contribution in [0.15, 0.2) is 0 Å². The summed E-state index contributed by atoms with van der Waals surface area (Å²) in [7, 11) is 3.73. The number of esters is 1. The third-order valence-electron chi connectivity index (χ3n) is 4.85. The molecule has 0 amide bonds. The second kappa shape index (κ2) is 4.72. The number of piperidine rings is 1. The SMILES string of the molecule is COC(=O)[C@@H]1[C@H]2CC[C@@H](C[C@@H]1[Sn]([CH3])([CH3])[CH3])N2C. The van der Waals surface area contributed by atoms with Crippen LogP contribution in [0.2, 0.25) is 18.8 Å². The summed E-state index contributed by atoms with van der Waals surface area (Å²) in [5.74, 6) is 0.193. The Labute approximate surface area is 109 Å². The molecule has 2 aliphatic heterocycles. The predicted octanol–water partition coefficient (Wildman–Crippen LogP) is 2.35. The van der Waals surface area contributed by atoms with E-state index in [-0.39, 0.29) is 11.9 Å². The van der Waals surface area contributed by atoms with Gasteiger partial charge in [0.25, 0.3) is 0 Å². The summed E-state index contributed by atoms with van der Waals surface area (Å²) < 4.78 is 5.74. The number of carbonyl (C=O) groups excluding carboxylic acids is 1. The van der Waals surface area contributed by atoms with Crippen molar-refractivity contribution in [2.24, 2.45) is 5.92 Å². The van der Waals surface area contributed by atoms with Crippen LogP contribution in [0.3, 0.4) is 0 Å². The molecule has 0 spiro atoms. The van der Waals surface area contributed by atoms with E-state index in [0.717, 1.165) is 6.04 Å². The van der Waals surface area contributed by atoms with Gasteiger partial charge in [0.05, 0.1) is 0 Å². The summed E-state index contributed by atoms with van der Waals surface area (Å²) in [6, 6.07) is 1.17. The summed E-state index contributed by atoms with van der Waals surface area (Å²) in [4.78, 5) is 22.0. The molecule has 2 aliphatic rings. The van der Waals surface area contributed by atoms with Gasteiger partial charge in [0.15, 0.2) is 0 Å². The van der Waals surface area contributed by atoms with E-state index < -0.39 is 18.4 Å². The standard InChI is InChI=1S/C10H16NO2.3CH3.Sn/c1-11-7-3-5-8(10(12)13-2)9(11)6-4-7;;;;/h5,7-9H,3-4,6H2,1-2H3;3*1H3;/t7-,8+,9-;;;;/m1..../s1. The fourth-order valence-corrected chi connectivity index (χ4v) is 10.7. The van der Waals surface area contributed by atoms with Crippen molar-refractivity contribution in [1.82, 2.24) is 4.90 Å².